The van der Waals surface area contributed by atoms with Gasteiger partial charge in [0.05, 0.1) is 12.7 Å². The first-order valence-corrected chi connectivity index (χ1v) is 11.9. The van der Waals surface area contributed by atoms with E-state index in [1.165, 1.54) is 12.0 Å². The number of carbonyl (C=O) groups excluding carboxylic acids is 3. The van der Waals surface area contributed by atoms with Gasteiger partial charge in [-0.05, 0) is 61.9 Å². The number of nitrogens with zero attached hydrogens (tertiary/aromatic N) is 4. The Morgan fingerprint density at radius 1 is 1.09 bits per heavy atom. The monoisotopic (exact) mass is 464 g/mol. The molecule has 4 rings (SSSR count). The van der Waals surface area contributed by atoms with Gasteiger partial charge in [-0.25, -0.2) is 9.59 Å². The first-order chi connectivity index (χ1) is 16.5. The number of benzene rings is 1. The number of aromatic nitrogens is 1. The number of methoxy groups -OCH3 is 1. The fraction of sp³-hybridized carbons (Fsp3) is 0.462. The summed E-state index contributed by atoms with van der Waals surface area (Å²) in [6, 6.07) is 11.2. The summed E-state index contributed by atoms with van der Waals surface area (Å²) in [7, 11) is 1.37. The van der Waals surface area contributed by atoms with Crippen LogP contribution in [0.15, 0.2) is 48.8 Å². The topological polar surface area (TPSA) is 83.1 Å². The van der Waals surface area contributed by atoms with Crippen molar-refractivity contribution in [2.45, 2.75) is 44.7 Å². The van der Waals surface area contributed by atoms with Crippen molar-refractivity contribution in [2.75, 3.05) is 33.3 Å². The largest absolute Gasteiger partial charge is 0.465 e. The number of ether oxygens (including phenoxy) is 1. The lowest BCUT2D eigenvalue weighted by molar-refractivity contribution is -0.135. The van der Waals surface area contributed by atoms with Crippen molar-refractivity contribution in [2.24, 2.45) is 0 Å². The molecular formula is C26H32N4O4. The van der Waals surface area contributed by atoms with E-state index >= 15 is 0 Å². The van der Waals surface area contributed by atoms with Crippen LogP contribution in [0, 0.1) is 0 Å². The first kappa shape index (κ1) is 23.9. The molecule has 0 aliphatic carbocycles. The number of hydrogen-bond donors (Lipinski definition) is 0. The van der Waals surface area contributed by atoms with Crippen LogP contribution in [0.2, 0.25) is 0 Å². The highest BCUT2D eigenvalue weighted by atomic mass is 16.5. The third-order valence-corrected chi connectivity index (χ3v) is 6.97. The van der Waals surface area contributed by atoms with Crippen LogP contribution >= 0.6 is 0 Å². The summed E-state index contributed by atoms with van der Waals surface area (Å²) in [5.74, 6) is -0.395. The standard InChI is InChI=1S/C26H32N4O4/c1-3-30-25(33)29(15-5-7-20-6-4-14-27-18-20)24(32)26(30)12-16-28(17-13-26)19-21-8-10-22(11-9-21)23(31)34-2/h4,6,8-11,14,18H,3,5,7,12-13,15-17,19H2,1-2H3. The van der Waals surface area contributed by atoms with E-state index in [0.29, 0.717) is 31.5 Å². The van der Waals surface area contributed by atoms with Crippen molar-refractivity contribution in [3.63, 3.8) is 0 Å². The van der Waals surface area contributed by atoms with Gasteiger partial charge in [0.1, 0.15) is 5.54 Å². The van der Waals surface area contributed by atoms with Gasteiger partial charge in [0.2, 0.25) is 0 Å². The number of likely N-dealkylation sites (tertiary alicyclic amines) is 1. The summed E-state index contributed by atoms with van der Waals surface area (Å²) in [5, 5.41) is 0. The molecule has 8 heteroatoms. The van der Waals surface area contributed by atoms with E-state index in [-0.39, 0.29) is 17.9 Å². The fourth-order valence-electron chi connectivity index (χ4n) is 5.09. The van der Waals surface area contributed by atoms with Gasteiger partial charge in [0, 0.05) is 45.1 Å². The predicted octanol–water partition coefficient (Wildman–Crippen LogP) is 3.12. The zero-order valence-corrected chi connectivity index (χ0v) is 19.9. The van der Waals surface area contributed by atoms with Crippen LogP contribution in [-0.4, -0.2) is 76.4 Å². The summed E-state index contributed by atoms with van der Waals surface area (Å²) in [6.45, 7) is 5.11. The van der Waals surface area contributed by atoms with Crippen LogP contribution in [-0.2, 0) is 22.5 Å². The summed E-state index contributed by atoms with van der Waals surface area (Å²) in [5.41, 5.74) is 2.00. The lowest BCUT2D eigenvalue weighted by Gasteiger charge is -2.42. The van der Waals surface area contributed by atoms with E-state index in [1.807, 2.05) is 37.4 Å². The highest BCUT2D eigenvalue weighted by molar-refractivity contribution is 6.07. The van der Waals surface area contributed by atoms with Crippen LogP contribution < -0.4 is 0 Å². The Kier molecular flexibility index (Phi) is 7.26. The summed E-state index contributed by atoms with van der Waals surface area (Å²) in [4.78, 5) is 47.9. The second-order valence-electron chi connectivity index (χ2n) is 8.94. The molecule has 0 N–H and O–H groups in total. The average molecular weight is 465 g/mol. The van der Waals surface area contributed by atoms with Gasteiger partial charge in [-0.3, -0.25) is 19.6 Å². The van der Waals surface area contributed by atoms with E-state index in [1.54, 1.807) is 23.2 Å². The van der Waals surface area contributed by atoms with Crippen molar-refractivity contribution < 1.29 is 19.1 Å². The van der Waals surface area contributed by atoms with Crippen molar-refractivity contribution in [3.8, 4) is 0 Å². The number of hydrogen-bond acceptors (Lipinski definition) is 6. The molecule has 0 saturated carbocycles. The van der Waals surface area contributed by atoms with Crippen molar-refractivity contribution in [1.29, 1.82) is 0 Å². The molecule has 2 aliphatic rings. The molecule has 180 valence electrons. The molecule has 1 aromatic heterocycles. The van der Waals surface area contributed by atoms with Gasteiger partial charge in [-0.2, -0.15) is 0 Å². The summed E-state index contributed by atoms with van der Waals surface area (Å²) in [6.07, 6.45) is 6.34. The molecule has 8 nitrogen and oxygen atoms in total. The number of carbonyl (C=O) groups is 3. The number of urea groups is 1. The number of pyridine rings is 1. The lowest BCUT2D eigenvalue weighted by atomic mass is 9.85. The maximum atomic E-state index is 13.5. The number of esters is 1. The van der Waals surface area contributed by atoms with Crippen LogP contribution in [0.5, 0.6) is 0 Å². The molecule has 3 amide bonds. The number of rotatable bonds is 8. The minimum absolute atomic E-state index is 0.0485. The molecule has 0 radical (unpaired) electrons. The summed E-state index contributed by atoms with van der Waals surface area (Å²) < 4.78 is 4.75. The van der Waals surface area contributed by atoms with Gasteiger partial charge < -0.3 is 9.64 Å². The Bertz CT molecular complexity index is 1020. The fourth-order valence-corrected chi connectivity index (χ4v) is 5.09. The third-order valence-electron chi connectivity index (χ3n) is 6.97. The van der Waals surface area contributed by atoms with E-state index < -0.39 is 5.54 Å². The molecule has 2 aromatic rings. The van der Waals surface area contributed by atoms with Crippen molar-refractivity contribution in [1.82, 2.24) is 19.7 Å². The number of aryl methyl sites for hydroxylation is 1. The van der Waals surface area contributed by atoms with Gasteiger partial charge in [0.15, 0.2) is 0 Å². The average Bonchev–Trinajstić information content (AvgIpc) is 3.06. The molecule has 34 heavy (non-hydrogen) atoms. The molecule has 1 aromatic carbocycles. The second kappa shape index (κ2) is 10.3. The van der Waals surface area contributed by atoms with E-state index in [4.69, 9.17) is 4.74 Å². The maximum absolute atomic E-state index is 13.5. The Hall–Kier alpha value is -3.26. The SMILES string of the molecule is CCN1C(=O)N(CCCc2cccnc2)C(=O)C12CCN(Cc1ccc(C(=O)OC)cc1)CC2. The van der Waals surface area contributed by atoms with Gasteiger partial charge >= 0.3 is 12.0 Å². The Morgan fingerprint density at radius 2 is 1.82 bits per heavy atom. The number of likely N-dealkylation sites (N-methyl/N-ethyl adjacent to an activating group) is 1. The summed E-state index contributed by atoms with van der Waals surface area (Å²) >= 11 is 0. The quantitative estimate of drug-likeness (QED) is 0.441. The minimum atomic E-state index is -0.731. The first-order valence-electron chi connectivity index (χ1n) is 11.9. The van der Waals surface area contributed by atoms with Crippen molar-refractivity contribution >= 4 is 17.9 Å². The molecule has 0 unspecified atom stereocenters. The Balaban J connectivity index is 1.36. The zero-order chi connectivity index (χ0) is 24.1. The van der Waals surface area contributed by atoms with E-state index in [9.17, 15) is 14.4 Å². The maximum Gasteiger partial charge on any atom is 0.337 e. The van der Waals surface area contributed by atoms with Crippen LogP contribution in [0.3, 0.4) is 0 Å². The van der Waals surface area contributed by atoms with Crippen LogP contribution in [0.1, 0.15) is 47.7 Å². The normalized spacial score (nSPS) is 18.1. The highest BCUT2D eigenvalue weighted by Gasteiger charge is 2.57. The van der Waals surface area contributed by atoms with E-state index in [2.05, 4.69) is 9.88 Å². The minimum Gasteiger partial charge on any atom is -0.465 e. The van der Waals surface area contributed by atoms with Crippen molar-refractivity contribution in [3.05, 3.63) is 65.5 Å². The van der Waals surface area contributed by atoms with Gasteiger partial charge in [0.25, 0.3) is 5.91 Å². The molecule has 2 saturated heterocycles. The molecule has 3 heterocycles. The number of piperidine rings is 1. The molecule has 0 bridgehead atoms. The smallest absolute Gasteiger partial charge is 0.337 e. The third kappa shape index (κ3) is 4.68. The molecular weight excluding hydrogens is 432 g/mol. The number of amides is 3. The molecule has 0 atom stereocenters. The zero-order valence-electron chi connectivity index (χ0n) is 19.9. The van der Waals surface area contributed by atoms with Crippen LogP contribution in [0.25, 0.3) is 0 Å². The lowest BCUT2D eigenvalue weighted by Crippen LogP contribution is -2.56. The number of imide groups is 1. The highest BCUT2D eigenvalue weighted by Crippen LogP contribution is 2.37. The molecule has 2 fully saturated rings. The Morgan fingerprint density at radius 3 is 2.44 bits per heavy atom. The Labute approximate surface area is 200 Å². The van der Waals surface area contributed by atoms with E-state index in [0.717, 1.165) is 43.6 Å². The van der Waals surface area contributed by atoms with Gasteiger partial charge in [-0.15, -0.1) is 0 Å². The van der Waals surface area contributed by atoms with Gasteiger partial charge in [-0.1, -0.05) is 18.2 Å². The molecule has 1 spiro atoms. The molecule has 2 aliphatic heterocycles. The van der Waals surface area contributed by atoms with Crippen LogP contribution in [0.4, 0.5) is 4.79 Å². The predicted molar refractivity (Wildman–Crippen MR) is 127 cm³/mol. The second-order valence-corrected chi connectivity index (χ2v) is 8.94.